The van der Waals surface area contributed by atoms with Crippen LogP contribution in [0.5, 0.6) is 0 Å². The van der Waals surface area contributed by atoms with Gasteiger partial charge in [0.1, 0.15) is 11.4 Å². The molecule has 0 bridgehead atoms. The second-order valence-electron chi connectivity index (χ2n) is 12.1. The molecule has 0 radical (unpaired) electrons. The van der Waals surface area contributed by atoms with E-state index in [0.29, 0.717) is 74.2 Å². The number of hydrogen-bond acceptors (Lipinski definition) is 7. The molecule has 228 valence electrons. The minimum atomic E-state index is -0.526. The van der Waals surface area contributed by atoms with E-state index in [-0.39, 0.29) is 17.5 Å². The standard InChI is InChI=1S/C32H46N6O4/c1-7-23-21-24(9-10-25(23)29(39)37-17-19-41-20-18-37)35-28(33)27-22(3)34-14-11-26(27)36-32(8-2)12-15-38(16-13-32)30(40)42-31(4,5)6/h9-11,14,21,34,36H,3,7-8,12-13,15-20H2,1-2,4-6H3,(H2,33,35). The zero-order valence-electron chi connectivity index (χ0n) is 25.7. The molecule has 0 atom stereocenters. The number of nitrogens with one attached hydrogen (secondary N) is 2. The van der Waals surface area contributed by atoms with Crippen molar-refractivity contribution >= 4 is 23.5 Å². The first kappa shape index (κ1) is 31.2. The minimum Gasteiger partial charge on any atom is -0.444 e. The molecule has 1 aromatic rings. The summed E-state index contributed by atoms with van der Waals surface area (Å²) in [5.41, 5.74) is 10.4. The van der Waals surface area contributed by atoms with Crippen molar-refractivity contribution in [3.8, 4) is 0 Å². The van der Waals surface area contributed by atoms with Gasteiger partial charge in [0.15, 0.2) is 0 Å². The van der Waals surface area contributed by atoms with Crippen molar-refractivity contribution in [1.82, 2.24) is 20.4 Å². The Kier molecular flexibility index (Phi) is 9.66. The summed E-state index contributed by atoms with van der Waals surface area (Å²) in [6.07, 6.45) is 6.61. The number of hydrogen-bond donors (Lipinski definition) is 3. The maximum Gasteiger partial charge on any atom is 0.410 e. The molecule has 10 heteroatoms. The number of allylic oxidation sites excluding steroid dienone is 1. The van der Waals surface area contributed by atoms with E-state index >= 15 is 0 Å². The molecule has 2 saturated heterocycles. The van der Waals surface area contributed by atoms with Crippen LogP contribution in [-0.4, -0.2) is 78.2 Å². The maximum absolute atomic E-state index is 13.2. The van der Waals surface area contributed by atoms with Gasteiger partial charge in [-0.15, -0.1) is 0 Å². The number of carbonyl (C=O) groups excluding carboxylic acids is 2. The van der Waals surface area contributed by atoms with Crippen molar-refractivity contribution in [2.75, 3.05) is 39.4 Å². The number of morpholine rings is 1. The highest BCUT2D eigenvalue weighted by Gasteiger charge is 2.37. The van der Waals surface area contributed by atoms with E-state index in [1.165, 1.54) is 0 Å². The van der Waals surface area contributed by atoms with E-state index in [9.17, 15) is 9.59 Å². The van der Waals surface area contributed by atoms with Crippen molar-refractivity contribution in [1.29, 1.82) is 0 Å². The van der Waals surface area contributed by atoms with Gasteiger partial charge in [-0.05, 0) is 76.3 Å². The zero-order chi connectivity index (χ0) is 30.5. The molecule has 3 heterocycles. The molecule has 2 amide bonds. The Morgan fingerprint density at radius 2 is 1.83 bits per heavy atom. The first-order chi connectivity index (χ1) is 19.9. The van der Waals surface area contributed by atoms with Crippen LogP contribution >= 0.6 is 0 Å². The Hall–Kier alpha value is -3.79. The summed E-state index contributed by atoms with van der Waals surface area (Å²) in [5.74, 6) is 0.344. The fraction of sp³-hybridized carbons (Fsp3) is 0.531. The molecule has 0 unspecified atom stereocenters. The molecular formula is C32H46N6O4. The van der Waals surface area contributed by atoms with Gasteiger partial charge in [-0.3, -0.25) is 4.79 Å². The third-order valence-electron chi connectivity index (χ3n) is 8.03. The van der Waals surface area contributed by atoms with Gasteiger partial charge in [-0.25, -0.2) is 9.79 Å². The maximum atomic E-state index is 13.2. The van der Waals surface area contributed by atoms with E-state index in [1.807, 2.05) is 63.1 Å². The highest BCUT2D eigenvalue weighted by atomic mass is 16.6. The first-order valence-electron chi connectivity index (χ1n) is 14.9. The number of benzene rings is 1. The number of piperidine rings is 1. The van der Waals surface area contributed by atoms with Gasteiger partial charge in [-0.2, -0.15) is 0 Å². The van der Waals surface area contributed by atoms with Crippen LogP contribution in [0.3, 0.4) is 0 Å². The third kappa shape index (κ3) is 7.34. The van der Waals surface area contributed by atoms with Gasteiger partial charge in [-0.1, -0.05) is 20.4 Å². The Morgan fingerprint density at radius 1 is 1.14 bits per heavy atom. The fourth-order valence-corrected chi connectivity index (χ4v) is 5.52. The fourth-order valence-electron chi connectivity index (χ4n) is 5.52. The average molecular weight is 579 g/mol. The number of aliphatic imine (C=N–C) groups is 1. The lowest BCUT2D eigenvalue weighted by atomic mass is 9.84. The van der Waals surface area contributed by atoms with Crippen LogP contribution in [0.15, 0.2) is 59.0 Å². The van der Waals surface area contributed by atoms with Crippen molar-refractivity contribution in [2.45, 2.75) is 71.4 Å². The third-order valence-corrected chi connectivity index (χ3v) is 8.03. The van der Waals surface area contributed by atoms with Crippen molar-refractivity contribution in [2.24, 2.45) is 10.7 Å². The summed E-state index contributed by atoms with van der Waals surface area (Å²) in [6, 6.07) is 5.61. The Morgan fingerprint density at radius 3 is 2.45 bits per heavy atom. The first-order valence-corrected chi connectivity index (χ1v) is 14.9. The van der Waals surface area contributed by atoms with Gasteiger partial charge in [0, 0.05) is 54.9 Å². The van der Waals surface area contributed by atoms with Crippen LogP contribution in [0.25, 0.3) is 0 Å². The number of amidine groups is 1. The van der Waals surface area contributed by atoms with E-state index in [2.05, 4.69) is 24.1 Å². The normalized spacial score (nSPS) is 19.5. The minimum absolute atomic E-state index is 0.0189. The van der Waals surface area contributed by atoms with Crippen molar-refractivity contribution in [3.05, 3.63) is 65.1 Å². The van der Waals surface area contributed by atoms with Gasteiger partial charge in [0.2, 0.25) is 0 Å². The van der Waals surface area contributed by atoms with E-state index < -0.39 is 5.60 Å². The number of amides is 2. The summed E-state index contributed by atoms with van der Waals surface area (Å²) in [6.45, 7) is 17.5. The molecule has 10 nitrogen and oxygen atoms in total. The Balaban J connectivity index is 1.55. The highest BCUT2D eigenvalue weighted by molar-refractivity contribution is 6.03. The van der Waals surface area contributed by atoms with E-state index in [0.717, 1.165) is 30.5 Å². The summed E-state index contributed by atoms with van der Waals surface area (Å²) < 4.78 is 11.0. The number of nitrogens with two attached hydrogens (primary N) is 1. The quantitative estimate of drug-likeness (QED) is 0.325. The molecule has 42 heavy (non-hydrogen) atoms. The molecule has 0 aliphatic carbocycles. The van der Waals surface area contributed by atoms with Crippen LogP contribution in [0, 0.1) is 0 Å². The monoisotopic (exact) mass is 578 g/mol. The summed E-state index contributed by atoms with van der Waals surface area (Å²) in [7, 11) is 0. The molecule has 2 fully saturated rings. The second-order valence-corrected chi connectivity index (χ2v) is 12.1. The number of ether oxygens (including phenoxy) is 2. The smallest absolute Gasteiger partial charge is 0.410 e. The largest absolute Gasteiger partial charge is 0.444 e. The second kappa shape index (κ2) is 13.0. The SMILES string of the molecule is C=C1NC=CC(NC2(CC)CCN(C(=O)OC(C)(C)C)CC2)=C1C(N)=Nc1ccc(C(=O)N2CCOCC2)c(CC)c1. The molecule has 3 aliphatic heterocycles. The molecule has 0 aromatic heterocycles. The predicted octanol–water partition coefficient (Wildman–Crippen LogP) is 4.36. The molecule has 0 spiro atoms. The zero-order valence-corrected chi connectivity index (χ0v) is 25.7. The molecular weight excluding hydrogens is 532 g/mol. The van der Waals surface area contributed by atoms with E-state index in [4.69, 9.17) is 20.2 Å². The predicted molar refractivity (Wildman–Crippen MR) is 165 cm³/mol. The number of carbonyl (C=O) groups is 2. The average Bonchev–Trinajstić information content (AvgIpc) is 2.96. The summed E-state index contributed by atoms with van der Waals surface area (Å²) in [4.78, 5) is 34.2. The molecule has 3 aliphatic rings. The van der Waals surface area contributed by atoms with Crippen LogP contribution in [0.4, 0.5) is 10.5 Å². The van der Waals surface area contributed by atoms with Crippen LogP contribution in [0.1, 0.15) is 69.8 Å². The Labute approximate surface area is 249 Å². The molecule has 1 aromatic carbocycles. The van der Waals surface area contributed by atoms with Crippen LogP contribution in [-0.2, 0) is 15.9 Å². The molecule has 4 N–H and O–H groups in total. The van der Waals surface area contributed by atoms with Crippen molar-refractivity contribution < 1.29 is 19.1 Å². The summed E-state index contributed by atoms with van der Waals surface area (Å²) in [5, 5.41) is 6.91. The molecule has 0 saturated carbocycles. The Bertz CT molecular complexity index is 1280. The number of dihydropyridines is 1. The number of nitrogens with zero attached hydrogens (tertiary/aromatic N) is 3. The van der Waals surface area contributed by atoms with Crippen LogP contribution in [0.2, 0.25) is 0 Å². The lowest BCUT2D eigenvalue weighted by Crippen LogP contribution is -2.54. The molecule has 4 rings (SSSR count). The van der Waals surface area contributed by atoms with E-state index in [1.54, 1.807) is 4.90 Å². The lowest BCUT2D eigenvalue weighted by molar-refractivity contribution is 0.0150. The van der Waals surface area contributed by atoms with Crippen LogP contribution < -0.4 is 16.4 Å². The van der Waals surface area contributed by atoms with Gasteiger partial charge in [0.25, 0.3) is 5.91 Å². The van der Waals surface area contributed by atoms with Gasteiger partial charge < -0.3 is 35.6 Å². The number of aryl methyl sites for hydroxylation is 1. The van der Waals surface area contributed by atoms with Crippen molar-refractivity contribution in [3.63, 3.8) is 0 Å². The van der Waals surface area contributed by atoms with Gasteiger partial charge in [0.05, 0.1) is 24.5 Å². The number of rotatable bonds is 7. The highest BCUT2D eigenvalue weighted by Crippen LogP contribution is 2.30. The summed E-state index contributed by atoms with van der Waals surface area (Å²) >= 11 is 0. The topological polar surface area (TPSA) is 122 Å². The lowest BCUT2D eigenvalue weighted by Gasteiger charge is -2.43. The number of likely N-dealkylation sites (tertiary alicyclic amines) is 1. The van der Waals surface area contributed by atoms with Gasteiger partial charge >= 0.3 is 6.09 Å².